The van der Waals surface area contributed by atoms with Gasteiger partial charge in [-0.05, 0) is 147 Å². The predicted molar refractivity (Wildman–Crippen MR) is 236 cm³/mol. The lowest BCUT2D eigenvalue weighted by Gasteiger charge is -2.30. The van der Waals surface area contributed by atoms with E-state index in [1.165, 1.54) is 24.3 Å². The van der Waals surface area contributed by atoms with Gasteiger partial charge in [-0.3, -0.25) is 0 Å². The summed E-state index contributed by atoms with van der Waals surface area (Å²) >= 11 is 0. The Morgan fingerprint density at radius 3 is 1.41 bits per heavy atom. The molecule has 6 aromatic carbocycles. The van der Waals surface area contributed by atoms with Crippen LogP contribution >= 0.6 is 0 Å². The highest BCUT2D eigenvalue weighted by atomic mass is 19.3. The summed E-state index contributed by atoms with van der Waals surface area (Å²) in [5.41, 5.74) is 2.92. The zero-order valence-corrected chi connectivity index (χ0v) is 35.2. The number of hydrogen-bond donors (Lipinski definition) is 0. The van der Waals surface area contributed by atoms with Gasteiger partial charge >= 0.3 is 13.2 Å². The third-order valence-electron chi connectivity index (χ3n) is 10.9. The molecule has 0 aliphatic rings. The lowest BCUT2D eigenvalue weighted by atomic mass is 9.74. The molecule has 0 fully saturated rings. The van der Waals surface area contributed by atoms with Crippen molar-refractivity contribution in [3.63, 3.8) is 0 Å². The van der Waals surface area contributed by atoms with E-state index in [2.05, 4.69) is 28.9 Å². The van der Waals surface area contributed by atoms with Crippen LogP contribution in [0.5, 0.6) is 34.5 Å². The van der Waals surface area contributed by atoms with Crippen molar-refractivity contribution in [1.29, 1.82) is 0 Å². The maximum absolute atomic E-state index is 14.2. The van der Waals surface area contributed by atoms with Crippen LogP contribution in [0, 0.1) is 24.0 Å². The molecule has 0 spiro atoms. The number of rotatable bonds is 20. The van der Waals surface area contributed by atoms with Gasteiger partial charge in [0.15, 0.2) is 23.1 Å². The van der Waals surface area contributed by atoms with Crippen LogP contribution in [0.25, 0.3) is 0 Å². The minimum absolute atomic E-state index is 0.0929. The van der Waals surface area contributed by atoms with Crippen LogP contribution in [0.2, 0.25) is 0 Å². The summed E-state index contributed by atoms with van der Waals surface area (Å²) in [7, 11) is 0. The van der Waals surface area contributed by atoms with Crippen LogP contribution in [-0.4, -0.2) is 13.2 Å². The maximum atomic E-state index is 14.2. The molecule has 10 heteroatoms. The van der Waals surface area contributed by atoms with Gasteiger partial charge < -0.3 is 18.9 Å². The summed E-state index contributed by atoms with van der Waals surface area (Å²) < 4.78 is 98.1. The third-order valence-corrected chi connectivity index (χ3v) is 10.9. The van der Waals surface area contributed by atoms with E-state index >= 15 is 0 Å². The number of para-hydroxylation sites is 2. The van der Waals surface area contributed by atoms with Crippen LogP contribution in [0.15, 0.2) is 158 Å². The number of halogens is 6. The topological polar surface area (TPSA) is 36.9 Å². The molecular weight excluding hydrogens is 815 g/mol. The monoisotopic (exact) mass is 864 g/mol. The molecule has 0 aliphatic heterocycles. The summed E-state index contributed by atoms with van der Waals surface area (Å²) in [6.07, 6.45) is 13.0. The lowest BCUT2D eigenvalue weighted by molar-refractivity contribution is -0.0505. The van der Waals surface area contributed by atoms with E-state index in [1.54, 1.807) is 72.8 Å². The van der Waals surface area contributed by atoms with Gasteiger partial charge in [-0.15, -0.1) is 13.0 Å². The van der Waals surface area contributed by atoms with E-state index in [0.717, 1.165) is 54.4 Å². The number of benzene rings is 6. The van der Waals surface area contributed by atoms with Crippen LogP contribution in [0.3, 0.4) is 0 Å². The maximum Gasteiger partial charge on any atom is 0.387 e. The van der Waals surface area contributed by atoms with Gasteiger partial charge in [0.2, 0.25) is 0 Å². The number of terminal acetylenes is 1. The Morgan fingerprint density at radius 1 is 0.587 bits per heavy atom. The van der Waals surface area contributed by atoms with E-state index in [0.29, 0.717) is 24.3 Å². The summed E-state index contributed by atoms with van der Waals surface area (Å²) in [5.74, 6) is 3.75. The minimum atomic E-state index is -2.86. The van der Waals surface area contributed by atoms with E-state index in [4.69, 9.17) is 15.9 Å². The Morgan fingerprint density at radius 2 is 1.02 bits per heavy atom. The van der Waals surface area contributed by atoms with Crippen LogP contribution in [0.1, 0.15) is 68.2 Å². The van der Waals surface area contributed by atoms with E-state index < -0.39 is 30.3 Å². The molecule has 0 bridgehead atoms. The zero-order chi connectivity index (χ0) is 45.2. The van der Waals surface area contributed by atoms with Crippen LogP contribution in [-0.2, 0) is 23.7 Å². The molecule has 6 aromatic rings. The van der Waals surface area contributed by atoms with E-state index in [1.807, 2.05) is 61.5 Å². The van der Waals surface area contributed by atoms with Crippen LogP contribution < -0.4 is 18.9 Å². The van der Waals surface area contributed by atoms with Gasteiger partial charge in [-0.2, -0.15) is 17.6 Å². The van der Waals surface area contributed by atoms with Gasteiger partial charge in [0.05, 0.1) is 5.41 Å². The van der Waals surface area contributed by atoms with Crippen molar-refractivity contribution in [1.82, 2.24) is 0 Å². The highest BCUT2D eigenvalue weighted by Crippen LogP contribution is 2.37. The Kier molecular flexibility index (Phi) is 17.3. The Balaban J connectivity index is 0.000000238. The van der Waals surface area contributed by atoms with E-state index in [9.17, 15) is 26.3 Å². The number of hydrogen-bond acceptors (Lipinski definition) is 4. The fourth-order valence-corrected chi connectivity index (χ4v) is 7.21. The second-order valence-electron chi connectivity index (χ2n) is 15.1. The molecular formula is C53H50F6O4. The third kappa shape index (κ3) is 14.0. The summed E-state index contributed by atoms with van der Waals surface area (Å²) in [6.45, 7) is 2.33. The highest BCUT2D eigenvalue weighted by molar-refractivity contribution is 5.40. The van der Waals surface area contributed by atoms with Gasteiger partial charge in [-0.1, -0.05) is 91.7 Å². The summed E-state index contributed by atoms with van der Waals surface area (Å²) in [6, 6.07) is 41.1. The lowest BCUT2D eigenvalue weighted by Crippen LogP contribution is -2.22. The van der Waals surface area contributed by atoms with Gasteiger partial charge in [0.25, 0.3) is 0 Å². The molecule has 328 valence electrons. The molecule has 0 aliphatic carbocycles. The Labute approximate surface area is 366 Å². The number of aryl methyl sites for hydroxylation is 2. The Bertz CT molecular complexity index is 2370. The normalized spacial score (nSPS) is 12.8. The van der Waals surface area contributed by atoms with Crippen molar-refractivity contribution in [3.05, 3.63) is 192 Å². The van der Waals surface area contributed by atoms with Crippen molar-refractivity contribution in [2.45, 2.75) is 82.8 Å². The van der Waals surface area contributed by atoms with Crippen molar-refractivity contribution in [3.8, 4) is 46.8 Å². The SMILES string of the molecule is C#CC(C)(CCCc1ccc(F)c(Oc2ccccc2)c1)c1ccc(OC(F)F)cc1.C=CC(CC)(CCCc1ccc(F)c(Oc2ccccc2)c1)c1ccc(OC(F)F)cc1. The number of alkyl halides is 4. The molecule has 63 heavy (non-hydrogen) atoms. The molecule has 0 heterocycles. The molecule has 0 saturated carbocycles. The standard InChI is InChI=1S/C27H27F3O2.C26H23F3O2/c1-3-27(4-2,21-13-15-23(16-14-21)32-26(29)30)18-8-9-20-12-17-24(28)25(19-20)31-22-10-6-5-7-11-22;1-3-26(2,20-12-14-22(15-13-20)31-25(28)29)17-7-8-19-11-16-23(27)24(18-19)30-21-9-5-4-6-10-21/h3,5-7,10-17,19,26H,1,4,8-9,18H2,2H3;1,4-6,9-16,18,25H,7-8,17H2,2H3. The average Bonchev–Trinajstić information content (AvgIpc) is 3.28. The first kappa shape index (κ1) is 47.4. The molecule has 4 nitrogen and oxygen atoms in total. The molecule has 0 N–H and O–H groups in total. The predicted octanol–water partition coefficient (Wildman–Crippen LogP) is 15.2. The smallest absolute Gasteiger partial charge is 0.387 e. The second kappa shape index (κ2) is 23.0. The first-order valence-electron chi connectivity index (χ1n) is 20.6. The summed E-state index contributed by atoms with van der Waals surface area (Å²) in [4.78, 5) is 0. The fraction of sp³-hybridized carbons (Fsp3) is 0.245. The van der Waals surface area contributed by atoms with E-state index in [-0.39, 0.29) is 28.4 Å². The fourth-order valence-electron chi connectivity index (χ4n) is 7.21. The van der Waals surface area contributed by atoms with Crippen molar-refractivity contribution in [2.75, 3.05) is 0 Å². The average molecular weight is 865 g/mol. The van der Waals surface area contributed by atoms with Crippen molar-refractivity contribution < 1.29 is 45.3 Å². The molecule has 6 rings (SSSR count). The molecule has 0 amide bonds. The van der Waals surface area contributed by atoms with Crippen molar-refractivity contribution in [2.24, 2.45) is 0 Å². The van der Waals surface area contributed by atoms with Gasteiger partial charge in [0.1, 0.15) is 23.0 Å². The van der Waals surface area contributed by atoms with Gasteiger partial charge in [-0.25, -0.2) is 8.78 Å². The Hall–Kier alpha value is -6.60. The number of allylic oxidation sites excluding steroid dienone is 1. The molecule has 0 saturated heterocycles. The van der Waals surface area contributed by atoms with Crippen LogP contribution in [0.4, 0.5) is 26.3 Å². The first-order chi connectivity index (χ1) is 30.3. The summed E-state index contributed by atoms with van der Waals surface area (Å²) in [5, 5.41) is 0. The zero-order valence-electron chi connectivity index (χ0n) is 35.2. The second-order valence-corrected chi connectivity index (χ2v) is 15.1. The minimum Gasteiger partial charge on any atom is -0.454 e. The molecule has 2 unspecified atom stereocenters. The first-order valence-corrected chi connectivity index (χ1v) is 20.6. The number of ether oxygens (including phenoxy) is 4. The van der Waals surface area contributed by atoms with Crippen molar-refractivity contribution >= 4 is 0 Å². The highest BCUT2D eigenvalue weighted by Gasteiger charge is 2.27. The quantitative estimate of drug-likeness (QED) is 0.0435. The van der Waals surface area contributed by atoms with Gasteiger partial charge in [0, 0.05) is 5.41 Å². The molecule has 2 atom stereocenters. The largest absolute Gasteiger partial charge is 0.454 e. The molecule has 0 aromatic heterocycles. The molecule has 0 radical (unpaired) electrons.